The number of benzene rings is 2. The van der Waals surface area contributed by atoms with Gasteiger partial charge in [0.1, 0.15) is 0 Å². The fourth-order valence-corrected chi connectivity index (χ4v) is 3.11. The lowest BCUT2D eigenvalue weighted by Gasteiger charge is -2.10. The minimum atomic E-state index is -0.282. The van der Waals surface area contributed by atoms with E-state index in [1.807, 2.05) is 27.7 Å². The summed E-state index contributed by atoms with van der Waals surface area (Å²) >= 11 is 0. The van der Waals surface area contributed by atoms with Crippen LogP contribution in [0.3, 0.4) is 0 Å². The second-order valence-electron chi connectivity index (χ2n) is 9.04. The zero-order chi connectivity index (χ0) is 25.1. The minimum Gasteiger partial charge on any atom is -0.326 e. The molecule has 0 fully saturated rings. The minimum absolute atomic E-state index is 0.0298. The van der Waals surface area contributed by atoms with Gasteiger partial charge < -0.3 is 21.3 Å². The summed E-state index contributed by atoms with van der Waals surface area (Å²) < 4.78 is 0. The van der Waals surface area contributed by atoms with Crippen LogP contribution >= 0.6 is 0 Å². The second kappa shape index (κ2) is 13.1. The summed E-state index contributed by atoms with van der Waals surface area (Å²) in [6, 6.07) is 13.7. The summed E-state index contributed by atoms with van der Waals surface area (Å²) in [5.41, 5.74) is 2.49. The molecule has 182 valence electrons. The van der Waals surface area contributed by atoms with Crippen molar-refractivity contribution in [3.8, 4) is 0 Å². The fraction of sp³-hybridized carbons (Fsp3) is 0.385. The van der Waals surface area contributed by atoms with Crippen LogP contribution in [-0.4, -0.2) is 23.6 Å². The summed E-state index contributed by atoms with van der Waals surface area (Å²) in [5, 5.41) is 11.1. The summed E-state index contributed by atoms with van der Waals surface area (Å²) in [4.78, 5) is 48.0. The largest absolute Gasteiger partial charge is 0.326 e. The average molecular weight is 467 g/mol. The summed E-state index contributed by atoms with van der Waals surface area (Å²) in [6.45, 7) is 7.91. The van der Waals surface area contributed by atoms with Gasteiger partial charge in [0, 0.05) is 48.4 Å². The third kappa shape index (κ3) is 10.3. The van der Waals surface area contributed by atoms with Crippen molar-refractivity contribution in [2.24, 2.45) is 11.8 Å². The van der Waals surface area contributed by atoms with Crippen LogP contribution in [0.4, 0.5) is 22.7 Å². The van der Waals surface area contributed by atoms with Gasteiger partial charge in [-0.05, 0) is 60.4 Å². The van der Waals surface area contributed by atoms with Crippen LogP contribution < -0.4 is 21.3 Å². The maximum Gasteiger partial charge on any atom is 0.224 e. The van der Waals surface area contributed by atoms with Crippen molar-refractivity contribution >= 4 is 46.4 Å². The Bertz CT molecular complexity index is 901. The molecule has 4 amide bonds. The van der Waals surface area contributed by atoms with Crippen LogP contribution in [0.15, 0.2) is 48.5 Å². The molecule has 8 heteroatoms. The van der Waals surface area contributed by atoms with Crippen LogP contribution in [0.2, 0.25) is 0 Å². The molecule has 2 aromatic rings. The summed E-state index contributed by atoms with van der Waals surface area (Å²) in [5.74, 6) is -0.119. The monoisotopic (exact) mass is 466 g/mol. The number of amides is 4. The Morgan fingerprint density at radius 2 is 0.735 bits per heavy atom. The van der Waals surface area contributed by atoms with E-state index in [0.29, 0.717) is 35.6 Å². The number of anilines is 4. The van der Waals surface area contributed by atoms with E-state index in [-0.39, 0.29) is 48.3 Å². The van der Waals surface area contributed by atoms with Crippen LogP contribution in [0, 0.1) is 11.8 Å². The molecule has 0 saturated heterocycles. The number of hydrogen-bond acceptors (Lipinski definition) is 4. The zero-order valence-corrected chi connectivity index (χ0v) is 20.2. The topological polar surface area (TPSA) is 116 Å². The average Bonchev–Trinajstić information content (AvgIpc) is 2.74. The van der Waals surface area contributed by atoms with Gasteiger partial charge >= 0.3 is 0 Å². The van der Waals surface area contributed by atoms with Gasteiger partial charge in [0.15, 0.2) is 0 Å². The van der Waals surface area contributed by atoms with Gasteiger partial charge in [-0.3, -0.25) is 19.2 Å². The first-order chi connectivity index (χ1) is 16.1. The van der Waals surface area contributed by atoms with E-state index in [1.54, 1.807) is 48.5 Å². The quantitative estimate of drug-likeness (QED) is 0.372. The molecule has 0 unspecified atom stereocenters. The molecule has 0 saturated carbocycles. The molecule has 0 bridgehead atoms. The Kier molecular flexibility index (Phi) is 10.3. The lowest BCUT2D eigenvalue weighted by molar-refractivity contribution is -0.121. The highest BCUT2D eigenvalue weighted by Gasteiger charge is 2.10. The van der Waals surface area contributed by atoms with Gasteiger partial charge in [0.25, 0.3) is 0 Å². The van der Waals surface area contributed by atoms with Crippen molar-refractivity contribution in [3.63, 3.8) is 0 Å². The van der Waals surface area contributed by atoms with Crippen molar-refractivity contribution in [1.82, 2.24) is 0 Å². The normalized spacial score (nSPS) is 10.6. The van der Waals surface area contributed by atoms with Gasteiger partial charge in [-0.2, -0.15) is 0 Å². The molecular weight excluding hydrogens is 432 g/mol. The number of hydrogen-bond donors (Lipinski definition) is 4. The maximum atomic E-state index is 12.2. The smallest absolute Gasteiger partial charge is 0.224 e. The van der Waals surface area contributed by atoms with Crippen molar-refractivity contribution in [2.75, 3.05) is 21.3 Å². The lowest BCUT2D eigenvalue weighted by atomic mass is 10.1. The van der Waals surface area contributed by atoms with Crippen molar-refractivity contribution < 1.29 is 19.2 Å². The Labute approximate surface area is 200 Å². The molecule has 2 rings (SSSR count). The molecule has 0 aromatic heterocycles. The van der Waals surface area contributed by atoms with Gasteiger partial charge in [-0.1, -0.05) is 27.7 Å². The lowest BCUT2D eigenvalue weighted by Crippen LogP contribution is -2.17. The van der Waals surface area contributed by atoms with E-state index in [2.05, 4.69) is 21.3 Å². The second-order valence-corrected chi connectivity index (χ2v) is 9.04. The van der Waals surface area contributed by atoms with Gasteiger partial charge in [0.05, 0.1) is 0 Å². The highest BCUT2D eigenvalue weighted by atomic mass is 16.2. The number of rotatable bonds is 11. The van der Waals surface area contributed by atoms with Crippen molar-refractivity contribution in [2.45, 2.75) is 53.4 Å². The third-order valence-corrected chi connectivity index (χ3v) is 4.67. The number of nitrogens with one attached hydrogen (secondary N) is 4. The van der Waals surface area contributed by atoms with E-state index in [0.717, 1.165) is 0 Å². The van der Waals surface area contributed by atoms with E-state index in [1.165, 1.54) is 0 Å². The molecule has 0 spiro atoms. The van der Waals surface area contributed by atoms with Gasteiger partial charge in [-0.15, -0.1) is 0 Å². The molecule has 2 aromatic carbocycles. The summed E-state index contributed by atoms with van der Waals surface area (Å²) in [6.07, 6.45) is 0.948. The van der Waals surface area contributed by atoms with Crippen LogP contribution in [0.1, 0.15) is 53.4 Å². The number of carbonyl (C=O) groups is 4. The first-order valence-corrected chi connectivity index (χ1v) is 11.5. The van der Waals surface area contributed by atoms with E-state index in [4.69, 9.17) is 0 Å². The molecule has 0 heterocycles. The van der Waals surface area contributed by atoms with Crippen molar-refractivity contribution in [3.05, 3.63) is 48.5 Å². The van der Waals surface area contributed by atoms with Crippen molar-refractivity contribution in [1.29, 1.82) is 0 Å². The Balaban J connectivity index is 1.74. The third-order valence-electron chi connectivity index (χ3n) is 4.67. The molecule has 0 aliphatic rings. The molecular formula is C26H34N4O4. The first kappa shape index (κ1) is 26.6. The van der Waals surface area contributed by atoms with Crippen LogP contribution in [0.5, 0.6) is 0 Å². The summed E-state index contributed by atoms with van der Waals surface area (Å²) in [7, 11) is 0. The highest BCUT2D eigenvalue weighted by molar-refractivity contribution is 5.97. The standard InChI is InChI=1S/C26H34N4O4/c1-17(2)15-25(33)29-21-9-5-19(6-10-21)27-23(31)13-14-24(32)28-20-7-11-22(12-8-20)30-26(34)16-18(3)4/h5-12,17-18H,13-16H2,1-4H3,(H,27,31)(H,28,32)(H,29,33)(H,30,34). The van der Waals surface area contributed by atoms with Crippen LogP contribution in [-0.2, 0) is 19.2 Å². The number of carbonyl (C=O) groups excluding carboxylic acids is 4. The van der Waals surface area contributed by atoms with Gasteiger partial charge in [-0.25, -0.2) is 0 Å². The maximum absolute atomic E-state index is 12.2. The molecule has 0 atom stereocenters. The van der Waals surface area contributed by atoms with Gasteiger partial charge in [0.2, 0.25) is 23.6 Å². The predicted octanol–water partition coefficient (Wildman–Crippen LogP) is 5.01. The Morgan fingerprint density at radius 3 is 0.971 bits per heavy atom. The highest BCUT2D eigenvalue weighted by Crippen LogP contribution is 2.17. The molecule has 0 radical (unpaired) electrons. The predicted molar refractivity (Wildman–Crippen MR) is 136 cm³/mol. The SMILES string of the molecule is CC(C)CC(=O)Nc1ccc(NC(=O)CCC(=O)Nc2ccc(NC(=O)CC(C)C)cc2)cc1. The molecule has 34 heavy (non-hydrogen) atoms. The molecule has 0 aliphatic heterocycles. The Hall–Kier alpha value is -3.68. The molecule has 4 N–H and O–H groups in total. The van der Waals surface area contributed by atoms with E-state index >= 15 is 0 Å². The fourth-order valence-electron chi connectivity index (χ4n) is 3.11. The molecule has 8 nitrogen and oxygen atoms in total. The molecule has 0 aliphatic carbocycles. The zero-order valence-electron chi connectivity index (χ0n) is 20.2. The van der Waals surface area contributed by atoms with Crippen LogP contribution in [0.25, 0.3) is 0 Å². The Morgan fingerprint density at radius 1 is 0.500 bits per heavy atom. The van der Waals surface area contributed by atoms with E-state index in [9.17, 15) is 19.2 Å². The first-order valence-electron chi connectivity index (χ1n) is 11.5. The van der Waals surface area contributed by atoms with E-state index < -0.39 is 0 Å².